The molecule has 0 aliphatic rings. The van der Waals surface area contributed by atoms with E-state index in [0.717, 1.165) is 6.08 Å². The highest BCUT2D eigenvalue weighted by atomic mass is 19.2. The molecule has 0 aromatic heterocycles. The Morgan fingerprint density at radius 1 is 0.368 bits per heavy atom. The molecule has 0 aliphatic carbocycles. The fourth-order valence-corrected chi connectivity index (χ4v) is 3.78. The summed E-state index contributed by atoms with van der Waals surface area (Å²) in [5.74, 6) is -14.6. The van der Waals surface area contributed by atoms with E-state index >= 15 is 0 Å². The molecule has 0 fully saturated rings. The van der Waals surface area contributed by atoms with Crippen LogP contribution in [0.1, 0.15) is 6.42 Å². The lowest BCUT2D eigenvalue weighted by molar-refractivity contribution is -0.139. The van der Waals surface area contributed by atoms with Crippen LogP contribution in [0.3, 0.4) is 0 Å². The van der Waals surface area contributed by atoms with Crippen molar-refractivity contribution in [3.05, 3.63) is 41.7 Å². The molecular formula is C36H55F5O16. The molecule has 57 heavy (non-hydrogen) atoms. The molecule has 0 radical (unpaired) electrons. The zero-order chi connectivity index (χ0) is 41.6. The molecule has 0 aliphatic heterocycles. The average molecular weight is 839 g/mol. The number of benzene rings is 1. The number of rotatable bonds is 41. The predicted molar refractivity (Wildman–Crippen MR) is 187 cm³/mol. The van der Waals surface area contributed by atoms with Crippen molar-refractivity contribution in [3.63, 3.8) is 0 Å². The number of halogens is 5. The van der Waals surface area contributed by atoms with E-state index < -0.39 is 53.2 Å². The second-order valence-corrected chi connectivity index (χ2v) is 10.8. The molecule has 1 aromatic rings. The van der Waals surface area contributed by atoms with Gasteiger partial charge in [0.15, 0.2) is 0 Å². The maximum absolute atomic E-state index is 13.6. The zero-order valence-corrected chi connectivity index (χ0v) is 32.1. The van der Waals surface area contributed by atoms with Crippen LogP contribution in [0.25, 0.3) is 0 Å². The van der Waals surface area contributed by atoms with Crippen molar-refractivity contribution in [1.82, 2.24) is 0 Å². The van der Waals surface area contributed by atoms with Crippen molar-refractivity contribution >= 4 is 11.9 Å². The second kappa shape index (κ2) is 37.3. The van der Waals surface area contributed by atoms with Crippen molar-refractivity contribution in [3.8, 4) is 5.75 Å². The minimum Gasteiger partial charge on any atom is -0.460 e. The highest BCUT2D eigenvalue weighted by Crippen LogP contribution is 2.29. The van der Waals surface area contributed by atoms with Gasteiger partial charge in [-0.1, -0.05) is 6.58 Å². The summed E-state index contributed by atoms with van der Waals surface area (Å²) in [5.41, 5.74) is 0. The summed E-state index contributed by atoms with van der Waals surface area (Å²) < 4.78 is 140. The second-order valence-electron chi connectivity index (χ2n) is 10.8. The van der Waals surface area contributed by atoms with Crippen molar-refractivity contribution in [2.45, 2.75) is 6.42 Å². The maximum Gasteiger partial charge on any atom is 0.330 e. The van der Waals surface area contributed by atoms with Gasteiger partial charge in [0.2, 0.25) is 34.8 Å². The van der Waals surface area contributed by atoms with Crippen molar-refractivity contribution in [2.24, 2.45) is 0 Å². The van der Waals surface area contributed by atoms with E-state index in [1.165, 1.54) is 0 Å². The first kappa shape index (κ1) is 52.1. The summed E-state index contributed by atoms with van der Waals surface area (Å²) in [6, 6.07) is 0. The van der Waals surface area contributed by atoms with Gasteiger partial charge in [-0.3, -0.25) is 4.79 Å². The van der Waals surface area contributed by atoms with E-state index in [0.29, 0.717) is 132 Å². The summed E-state index contributed by atoms with van der Waals surface area (Å²) in [6.45, 7) is 11.9. The molecular weight excluding hydrogens is 783 g/mol. The number of esters is 2. The number of hydrogen-bond acceptors (Lipinski definition) is 16. The monoisotopic (exact) mass is 838 g/mol. The van der Waals surface area contributed by atoms with E-state index in [-0.39, 0.29) is 33.0 Å². The largest absolute Gasteiger partial charge is 0.460 e. The molecule has 21 heteroatoms. The lowest BCUT2D eigenvalue weighted by Crippen LogP contribution is -2.16. The van der Waals surface area contributed by atoms with Gasteiger partial charge in [-0.25, -0.2) is 18.0 Å². The summed E-state index contributed by atoms with van der Waals surface area (Å²) in [6.07, 6.45) is 0.605. The lowest BCUT2D eigenvalue weighted by Gasteiger charge is -2.09. The first-order chi connectivity index (χ1) is 27.8. The molecule has 1 rings (SSSR count). The summed E-state index contributed by atoms with van der Waals surface area (Å²) in [4.78, 5) is 22.5. The van der Waals surface area contributed by atoms with Crippen LogP contribution in [0, 0.1) is 29.1 Å². The van der Waals surface area contributed by atoms with Gasteiger partial charge in [0.25, 0.3) is 0 Å². The number of hydrogen-bond donors (Lipinski definition) is 0. The van der Waals surface area contributed by atoms with Crippen LogP contribution in [0.15, 0.2) is 12.7 Å². The molecule has 330 valence electrons. The standard InChI is InChI=1S/C36H55F5O16/c1-2-29(42)56-28-27-55-26-25-54-24-23-53-22-21-52-20-19-51-18-17-50-16-15-49-14-13-48-12-11-47-10-9-46-8-7-45-6-5-44-4-3-30(43)57-36-34(40)32(38)31(37)33(39)35(36)41/h2H,1,3-28H2. The van der Waals surface area contributed by atoms with E-state index in [2.05, 4.69) is 11.3 Å². The van der Waals surface area contributed by atoms with E-state index in [1.807, 2.05) is 0 Å². The van der Waals surface area contributed by atoms with Gasteiger partial charge in [0, 0.05) is 6.08 Å². The molecule has 0 saturated heterocycles. The zero-order valence-electron chi connectivity index (χ0n) is 32.1. The molecule has 1 aromatic carbocycles. The van der Waals surface area contributed by atoms with Crippen LogP contribution in [-0.2, 0) is 71.2 Å². The molecule has 0 N–H and O–H groups in total. The first-order valence-corrected chi connectivity index (χ1v) is 18.2. The third kappa shape index (κ3) is 29.0. The van der Waals surface area contributed by atoms with Gasteiger partial charge in [-0.05, 0) is 0 Å². The van der Waals surface area contributed by atoms with Crippen LogP contribution in [0.4, 0.5) is 22.0 Å². The molecule has 0 saturated carbocycles. The summed E-state index contributed by atoms with van der Waals surface area (Å²) in [7, 11) is 0. The molecule has 0 unspecified atom stereocenters. The van der Waals surface area contributed by atoms with Crippen LogP contribution in [0.5, 0.6) is 5.75 Å². The minimum absolute atomic E-state index is 0.0734. The summed E-state index contributed by atoms with van der Waals surface area (Å²) in [5, 5.41) is 0. The van der Waals surface area contributed by atoms with Crippen molar-refractivity contribution < 1.29 is 97.9 Å². The Morgan fingerprint density at radius 3 is 0.860 bits per heavy atom. The van der Waals surface area contributed by atoms with Gasteiger partial charge in [0.05, 0.1) is 165 Å². The van der Waals surface area contributed by atoms with Crippen molar-refractivity contribution in [1.29, 1.82) is 0 Å². The minimum atomic E-state index is -2.35. The van der Waals surface area contributed by atoms with Crippen LogP contribution >= 0.6 is 0 Å². The fraction of sp³-hybridized carbons (Fsp3) is 0.722. The molecule has 0 amide bonds. The maximum atomic E-state index is 13.6. The highest BCUT2D eigenvalue weighted by Gasteiger charge is 2.28. The van der Waals surface area contributed by atoms with Gasteiger partial charge >= 0.3 is 11.9 Å². The van der Waals surface area contributed by atoms with Crippen LogP contribution < -0.4 is 4.74 Å². The van der Waals surface area contributed by atoms with Gasteiger partial charge in [0.1, 0.15) is 6.61 Å². The highest BCUT2D eigenvalue weighted by molar-refractivity contribution is 5.81. The molecule has 0 atom stereocenters. The van der Waals surface area contributed by atoms with E-state index in [9.17, 15) is 31.5 Å². The van der Waals surface area contributed by atoms with E-state index in [1.54, 1.807) is 0 Å². The summed E-state index contributed by atoms with van der Waals surface area (Å²) >= 11 is 0. The third-order valence-corrected chi connectivity index (χ3v) is 6.57. The van der Waals surface area contributed by atoms with Crippen LogP contribution in [-0.4, -0.2) is 177 Å². The smallest absolute Gasteiger partial charge is 0.330 e. The van der Waals surface area contributed by atoms with Gasteiger partial charge in [-0.15, -0.1) is 0 Å². The Bertz CT molecular complexity index is 1160. The van der Waals surface area contributed by atoms with Crippen LogP contribution in [0.2, 0.25) is 0 Å². The number of ether oxygens (including phenoxy) is 14. The Kier molecular flexibility index (Phi) is 34.1. The fourth-order valence-electron chi connectivity index (χ4n) is 3.78. The molecule has 16 nitrogen and oxygen atoms in total. The Hall–Kier alpha value is -2.93. The quantitative estimate of drug-likeness (QED) is 0.0180. The van der Waals surface area contributed by atoms with Gasteiger partial charge in [-0.2, -0.15) is 8.78 Å². The Labute approximate surface area is 328 Å². The average Bonchev–Trinajstić information content (AvgIpc) is 3.21. The molecule has 0 heterocycles. The topological polar surface area (TPSA) is 163 Å². The normalized spacial score (nSPS) is 11.3. The van der Waals surface area contributed by atoms with Crippen molar-refractivity contribution in [2.75, 3.05) is 165 Å². The first-order valence-electron chi connectivity index (χ1n) is 18.2. The Balaban J connectivity index is 1.71. The lowest BCUT2D eigenvalue weighted by atomic mass is 10.2. The van der Waals surface area contributed by atoms with Gasteiger partial charge < -0.3 is 66.3 Å². The third-order valence-electron chi connectivity index (χ3n) is 6.57. The predicted octanol–water partition coefficient (Wildman–Crippen LogP) is 2.61. The molecule has 0 spiro atoms. The Morgan fingerprint density at radius 2 is 0.596 bits per heavy atom. The number of carbonyl (C=O) groups is 2. The SMILES string of the molecule is C=CC(=O)OCCOCCOCCOCCOCCOCCOCCOCCOCCOCCOCCOCCOCCC(=O)Oc1c(F)c(F)c(F)c(F)c1F. The van der Waals surface area contributed by atoms with E-state index in [4.69, 9.17) is 61.6 Å². The molecule has 0 bridgehead atoms. The number of carbonyl (C=O) groups excluding carboxylic acids is 2.